The molecule has 19 heavy (non-hydrogen) atoms. The van der Waals surface area contributed by atoms with Crippen molar-refractivity contribution in [3.63, 3.8) is 0 Å². The zero-order valence-corrected chi connectivity index (χ0v) is 11.0. The fourth-order valence-electron chi connectivity index (χ4n) is 1.36. The van der Waals surface area contributed by atoms with Crippen molar-refractivity contribution in [3.05, 3.63) is 36.4 Å². The highest BCUT2D eigenvalue weighted by Crippen LogP contribution is 2.23. The Morgan fingerprint density at radius 3 is 2.74 bits per heavy atom. The molecule has 0 aliphatic heterocycles. The second-order valence-electron chi connectivity index (χ2n) is 3.64. The van der Waals surface area contributed by atoms with E-state index in [4.69, 9.17) is 9.47 Å². The molecule has 0 atom stereocenters. The summed E-state index contributed by atoms with van der Waals surface area (Å²) < 4.78 is 10.2. The van der Waals surface area contributed by atoms with Crippen molar-refractivity contribution in [2.24, 2.45) is 0 Å². The summed E-state index contributed by atoms with van der Waals surface area (Å²) in [6, 6.07) is 7.08. The van der Waals surface area contributed by atoms with Crippen LogP contribution in [0.15, 0.2) is 36.4 Å². The number of ether oxygens (including phenoxy) is 2. The van der Waals surface area contributed by atoms with Crippen molar-refractivity contribution < 1.29 is 19.1 Å². The fraction of sp³-hybridized carbons (Fsp3) is 0.286. The number of para-hydroxylation sites is 2. The van der Waals surface area contributed by atoms with E-state index in [1.54, 1.807) is 37.3 Å². The number of hydrogen-bond acceptors (Lipinski definition) is 4. The molecule has 0 radical (unpaired) electrons. The Morgan fingerprint density at radius 1 is 1.32 bits per heavy atom. The normalized spacial score (nSPS) is 10.2. The van der Waals surface area contributed by atoms with Crippen LogP contribution in [0.2, 0.25) is 0 Å². The van der Waals surface area contributed by atoms with Crippen molar-refractivity contribution in [1.29, 1.82) is 0 Å². The van der Waals surface area contributed by atoms with Gasteiger partial charge < -0.3 is 14.8 Å². The van der Waals surface area contributed by atoms with E-state index in [-0.39, 0.29) is 12.5 Å². The van der Waals surface area contributed by atoms with Gasteiger partial charge in [-0.2, -0.15) is 0 Å². The Balaban J connectivity index is 2.53. The van der Waals surface area contributed by atoms with Crippen LogP contribution in [0.1, 0.15) is 13.8 Å². The van der Waals surface area contributed by atoms with Gasteiger partial charge >= 0.3 is 5.97 Å². The van der Waals surface area contributed by atoms with E-state index in [2.05, 4.69) is 5.32 Å². The molecule has 1 rings (SSSR count). The van der Waals surface area contributed by atoms with Gasteiger partial charge in [0.05, 0.1) is 12.3 Å². The van der Waals surface area contributed by atoms with Gasteiger partial charge in [-0.1, -0.05) is 12.1 Å². The van der Waals surface area contributed by atoms with E-state index in [0.717, 1.165) is 0 Å². The Morgan fingerprint density at radius 2 is 2.05 bits per heavy atom. The molecule has 5 nitrogen and oxygen atoms in total. The summed E-state index contributed by atoms with van der Waals surface area (Å²) in [5.74, 6) is -0.0226. The van der Waals surface area contributed by atoms with E-state index >= 15 is 0 Å². The average molecular weight is 263 g/mol. The number of esters is 1. The third-order valence-corrected chi connectivity index (χ3v) is 2.07. The molecule has 0 saturated carbocycles. The highest BCUT2D eigenvalue weighted by atomic mass is 16.5. The Hall–Kier alpha value is -2.30. The monoisotopic (exact) mass is 263 g/mol. The molecule has 0 aromatic heterocycles. The minimum atomic E-state index is -0.402. The molecule has 0 aliphatic rings. The molecule has 0 unspecified atom stereocenters. The van der Waals surface area contributed by atoms with Crippen LogP contribution >= 0.6 is 0 Å². The van der Waals surface area contributed by atoms with Crippen molar-refractivity contribution in [1.82, 2.24) is 0 Å². The molecule has 1 amide bonds. The van der Waals surface area contributed by atoms with Crippen LogP contribution in [0, 0.1) is 0 Å². The molecule has 0 spiro atoms. The number of benzene rings is 1. The topological polar surface area (TPSA) is 64.6 Å². The molecule has 1 aromatic carbocycles. The lowest BCUT2D eigenvalue weighted by Gasteiger charge is -2.09. The van der Waals surface area contributed by atoms with Gasteiger partial charge in [-0.15, -0.1) is 0 Å². The second-order valence-corrected chi connectivity index (χ2v) is 3.64. The highest BCUT2D eigenvalue weighted by molar-refractivity contribution is 5.90. The lowest BCUT2D eigenvalue weighted by Crippen LogP contribution is -2.08. The quantitative estimate of drug-likeness (QED) is 0.631. The molecule has 1 N–H and O–H groups in total. The van der Waals surface area contributed by atoms with Crippen LogP contribution in [-0.4, -0.2) is 25.1 Å². The van der Waals surface area contributed by atoms with Crippen molar-refractivity contribution in [2.75, 3.05) is 18.5 Å². The predicted octanol–water partition coefficient (Wildman–Crippen LogP) is 2.14. The number of carbonyl (C=O) groups is 2. The molecule has 0 fully saturated rings. The summed E-state index contributed by atoms with van der Waals surface area (Å²) in [5, 5.41) is 2.66. The van der Waals surface area contributed by atoms with Gasteiger partial charge in [0, 0.05) is 13.0 Å². The summed E-state index contributed by atoms with van der Waals surface area (Å²) in [6.07, 6.45) is 2.87. The molecule has 5 heteroatoms. The molecule has 0 bridgehead atoms. The van der Waals surface area contributed by atoms with Crippen LogP contribution in [0.5, 0.6) is 5.75 Å². The average Bonchev–Trinajstić information content (AvgIpc) is 2.36. The number of carbonyl (C=O) groups excluding carboxylic acids is 2. The minimum absolute atomic E-state index is 0.168. The van der Waals surface area contributed by atoms with Gasteiger partial charge in [-0.05, 0) is 25.1 Å². The first kappa shape index (κ1) is 14.8. The fourth-order valence-corrected chi connectivity index (χ4v) is 1.36. The molecule has 0 heterocycles. The van der Waals surface area contributed by atoms with Crippen LogP contribution in [0.25, 0.3) is 0 Å². The number of rotatable bonds is 6. The van der Waals surface area contributed by atoms with Crippen molar-refractivity contribution in [3.8, 4) is 5.75 Å². The van der Waals surface area contributed by atoms with E-state index in [1.165, 1.54) is 13.0 Å². The zero-order chi connectivity index (χ0) is 14.1. The number of hydrogen-bond donors (Lipinski definition) is 1. The Bertz CT molecular complexity index is 468. The van der Waals surface area contributed by atoms with Gasteiger partial charge in [-0.25, -0.2) is 4.79 Å². The lowest BCUT2D eigenvalue weighted by molar-refractivity contribution is -0.137. The first-order valence-corrected chi connectivity index (χ1v) is 5.96. The standard InChI is InChI=1S/C14H17NO4/c1-3-18-14(17)9-6-10-19-13-8-5-4-7-12(13)15-11(2)16/h4-9H,3,10H2,1-2H3,(H,15,16)/b9-6+. The Labute approximate surface area is 112 Å². The van der Waals surface area contributed by atoms with Gasteiger partial charge in [0.2, 0.25) is 5.91 Å². The van der Waals surface area contributed by atoms with Gasteiger partial charge in [0.15, 0.2) is 0 Å². The van der Waals surface area contributed by atoms with Crippen molar-refractivity contribution in [2.45, 2.75) is 13.8 Å². The maximum atomic E-state index is 11.0. The van der Waals surface area contributed by atoms with E-state index in [1.807, 2.05) is 0 Å². The highest BCUT2D eigenvalue weighted by Gasteiger charge is 2.03. The summed E-state index contributed by atoms with van der Waals surface area (Å²) in [7, 11) is 0. The lowest BCUT2D eigenvalue weighted by atomic mass is 10.3. The molecule has 1 aromatic rings. The summed E-state index contributed by atoms with van der Waals surface area (Å²) in [6.45, 7) is 3.73. The molecule has 0 saturated heterocycles. The van der Waals surface area contributed by atoms with E-state index in [0.29, 0.717) is 18.0 Å². The van der Waals surface area contributed by atoms with Gasteiger partial charge in [-0.3, -0.25) is 4.79 Å². The molecular weight excluding hydrogens is 246 g/mol. The van der Waals surface area contributed by atoms with Crippen LogP contribution in [0.3, 0.4) is 0 Å². The smallest absolute Gasteiger partial charge is 0.330 e. The Kier molecular flexibility index (Phi) is 6.15. The summed E-state index contributed by atoms with van der Waals surface area (Å²) >= 11 is 0. The van der Waals surface area contributed by atoms with Crippen molar-refractivity contribution >= 4 is 17.6 Å². The minimum Gasteiger partial charge on any atom is -0.487 e. The largest absolute Gasteiger partial charge is 0.487 e. The third-order valence-electron chi connectivity index (χ3n) is 2.07. The van der Waals surface area contributed by atoms with Gasteiger partial charge in [0.1, 0.15) is 12.4 Å². The molecule has 102 valence electrons. The predicted molar refractivity (Wildman–Crippen MR) is 72.0 cm³/mol. The first-order valence-electron chi connectivity index (χ1n) is 5.96. The van der Waals surface area contributed by atoms with E-state index < -0.39 is 5.97 Å². The van der Waals surface area contributed by atoms with Crippen LogP contribution < -0.4 is 10.1 Å². The van der Waals surface area contributed by atoms with Crippen LogP contribution in [0.4, 0.5) is 5.69 Å². The SMILES string of the molecule is CCOC(=O)/C=C/COc1ccccc1NC(C)=O. The maximum absolute atomic E-state index is 11.0. The second kappa shape index (κ2) is 7.92. The summed E-state index contributed by atoms with van der Waals surface area (Å²) in [5.41, 5.74) is 0.597. The molecular formula is C14H17NO4. The number of amides is 1. The van der Waals surface area contributed by atoms with E-state index in [9.17, 15) is 9.59 Å². The first-order chi connectivity index (χ1) is 9.13. The van der Waals surface area contributed by atoms with Gasteiger partial charge in [0.25, 0.3) is 0 Å². The number of anilines is 1. The zero-order valence-electron chi connectivity index (χ0n) is 11.0. The third kappa shape index (κ3) is 5.72. The molecule has 0 aliphatic carbocycles. The number of nitrogens with one attached hydrogen (secondary N) is 1. The van der Waals surface area contributed by atoms with Crippen LogP contribution in [-0.2, 0) is 14.3 Å². The summed E-state index contributed by atoms with van der Waals surface area (Å²) in [4.78, 5) is 22.1. The maximum Gasteiger partial charge on any atom is 0.330 e.